The number of methoxy groups -OCH3 is 1. The van der Waals surface area contributed by atoms with Gasteiger partial charge in [0.15, 0.2) is 0 Å². The van der Waals surface area contributed by atoms with E-state index in [0.29, 0.717) is 12.8 Å². The molecule has 1 saturated heterocycles. The second-order valence-corrected chi connectivity index (χ2v) is 10.5. The number of fused-ring (bicyclic) bond motifs is 5. The standard InChI is InChI=1S/C19H20F3N3O4S/c1-18-11-5-13(16(6-11)24-17(26)29-2)15(18)9-25(30(18,27)28)12-4-3-10(8-23)14(7-12)19(20,21)22/h3-4,7,11,13,15-16H,5-6,9H2,1-2H3,(H,24,26)/t11-,13-,15-,16+,18+/m0/s1. The van der Waals surface area contributed by atoms with Crippen LogP contribution in [-0.4, -0.2) is 39.0 Å². The van der Waals surface area contributed by atoms with E-state index in [1.165, 1.54) is 19.2 Å². The highest BCUT2D eigenvalue weighted by atomic mass is 32.2. The maximum atomic E-state index is 13.5. The van der Waals surface area contributed by atoms with Crippen LogP contribution in [0.1, 0.15) is 30.9 Å². The molecule has 3 aliphatic rings. The second kappa shape index (κ2) is 6.51. The van der Waals surface area contributed by atoms with Gasteiger partial charge in [-0.25, -0.2) is 13.2 Å². The number of benzene rings is 1. The van der Waals surface area contributed by atoms with Crippen molar-refractivity contribution in [3.8, 4) is 6.07 Å². The minimum atomic E-state index is -4.78. The number of alkyl carbamates (subject to hydrolysis) is 1. The molecule has 162 valence electrons. The van der Waals surface area contributed by atoms with Gasteiger partial charge < -0.3 is 10.1 Å². The third-order valence-electron chi connectivity index (χ3n) is 7.09. The Labute approximate surface area is 171 Å². The first-order valence-electron chi connectivity index (χ1n) is 9.43. The van der Waals surface area contributed by atoms with Crippen LogP contribution in [0.3, 0.4) is 0 Å². The second-order valence-electron chi connectivity index (χ2n) is 8.24. The van der Waals surface area contributed by atoms with Gasteiger partial charge in [0.25, 0.3) is 0 Å². The molecule has 1 N–H and O–H groups in total. The number of rotatable bonds is 2. The maximum Gasteiger partial charge on any atom is 0.417 e. The Kier molecular flexibility index (Phi) is 4.51. The van der Waals surface area contributed by atoms with E-state index in [1.54, 1.807) is 6.92 Å². The summed E-state index contributed by atoms with van der Waals surface area (Å²) in [6.07, 6.45) is -4.27. The van der Waals surface area contributed by atoms with E-state index in [4.69, 9.17) is 5.26 Å². The predicted molar refractivity (Wildman–Crippen MR) is 99.9 cm³/mol. The van der Waals surface area contributed by atoms with Crippen LogP contribution < -0.4 is 9.62 Å². The van der Waals surface area contributed by atoms with Crippen LogP contribution in [-0.2, 0) is 20.9 Å². The van der Waals surface area contributed by atoms with Crippen LogP contribution in [0.2, 0.25) is 0 Å². The third kappa shape index (κ3) is 2.69. The Morgan fingerprint density at radius 1 is 1.37 bits per heavy atom. The monoisotopic (exact) mass is 443 g/mol. The molecule has 0 aromatic heterocycles. The Bertz CT molecular complexity index is 1050. The van der Waals surface area contributed by atoms with Gasteiger partial charge >= 0.3 is 12.3 Å². The summed E-state index contributed by atoms with van der Waals surface area (Å²) in [5, 5.41) is 11.7. The van der Waals surface area contributed by atoms with Crippen molar-refractivity contribution in [3.05, 3.63) is 29.3 Å². The summed E-state index contributed by atoms with van der Waals surface area (Å²) in [4.78, 5) is 11.6. The molecule has 1 aromatic rings. The molecule has 2 bridgehead atoms. The molecule has 1 aliphatic heterocycles. The van der Waals surface area contributed by atoms with E-state index < -0.39 is 38.2 Å². The number of carbonyl (C=O) groups excluding carboxylic acids is 1. The lowest BCUT2D eigenvalue weighted by atomic mass is 9.77. The SMILES string of the molecule is COC(=O)N[C@@H]1C[C@@H]2C[C@H]1[C@@H]1CN(c3ccc(C#N)c(C(F)(F)F)c3)S(=O)(=O)[C@]21C. The van der Waals surface area contributed by atoms with Crippen LogP contribution in [0.5, 0.6) is 0 Å². The van der Waals surface area contributed by atoms with Gasteiger partial charge in [-0.15, -0.1) is 0 Å². The van der Waals surface area contributed by atoms with Crippen molar-refractivity contribution in [1.82, 2.24) is 5.32 Å². The zero-order valence-corrected chi connectivity index (χ0v) is 17.0. The molecule has 0 spiro atoms. The first kappa shape index (κ1) is 20.8. The number of alkyl halides is 3. The van der Waals surface area contributed by atoms with Crippen molar-refractivity contribution >= 4 is 21.8 Å². The molecule has 1 aromatic carbocycles. The Morgan fingerprint density at radius 2 is 2.07 bits per heavy atom. The van der Waals surface area contributed by atoms with E-state index in [1.807, 2.05) is 0 Å². The smallest absolute Gasteiger partial charge is 0.417 e. The number of halogens is 3. The van der Waals surface area contributed by atoms with Crippen LogP contribution in [0.25, 0.3) is 0 Å². The highest BCUT2D eigenvalue weighted by molar-refractivity contribution is 7.94. The average Bonchev–Trinajstić information content (AvgIpc) is 3.28. The molecule has 11 heteroatoms. The fourth-order valence-corrected chi connectivity index (χ4v) is 8.05. The van der Waals surface area contributed by atoms with Crippen molar-refractivity contribution in [1.29, 1.82) is 5.26 Å². The highest BCUT2D eigenvalue weighted by Gasteiger charge is 2.70. The summed E-state index contributed by atoms with van der Waals surface area (Å²) in [6, 6.07) is 4.23. The third-order valence-corrected chi connectivity index (χ3v) is 9.78. The van der Waals surface area contributed by atoms with E-state index in [-0.39, 0.29) is 36.0 Å². The lowest BCUT2D eigenvalue weighted by Crippen LogP contribution is -2.51. The van der Waals surface area contributed by atoms with E-state index in [2.05, 4.69) is 10.1 Å². The minimum absolute atomic E-state index is 0.0303. The normalized spacial score (nSPS) is 33.8. The van der Waals surface area contributed by atoms with Crippen molar-refractivity contribution in [2.24, 2.45) is 17.8 Å². The predicted octanol–water partition coefficient (Wildman–Crippen LogP) is 2.87. The molecular formula is C19H20F3N3O4S. The Balaban J connectivity index is 1.71. The zero-order valence-electron chi connectivity index (χ0n) is 16.2. The van der Waals surface area contributed by atoms with E-state index in [9.17, 15) is 26.4 Å². The molecule has 0 radical (unpaired) electrons. The van der Waals surface area contributed by atoms with Gasteiger partial charge in [-0.2, -0.15) is 18.4 Å². The Hall–Kier alpha value is -2.48. The lowest BCUT2D eigenvalue weighted by Gasteiger charge is -2.37. The maximum absolute atomic E-state index is 13.5. The molecule has 0 unspecified atom stereocenters. The number of hydrogen-bond acceptors (Lipinski definition) is 5. The fraction of sp³-hybridized carbons (Fsp3) is 0.579. The molecule has 7 nitrogen and oxygen atoms in total. The molecule has 1 amide bonds. The number of amides is 1. The summed E-state index contributed by atoms with van der Waals surface area (Å²) in [5.74, 6) is -0.669. The topological polar surface area (TPSA) is 99.5 Å². The van der Waals surface area contributed by atoms with Crippen LogP contribution in [0, 0.1) is 29.1 Å². The van der Waals surface area contributed by atoms with E-state index >= 15 is 0 Å². The summed E-state index contributed by atoms with van der Waals surface area (Å²) in [5.41, 5.74) is -1.82. The molecule has 2 saturated carbocycles. The van der Waals surface area contributed by atoms with Crippen LogP contribution in [0.15, 0.2) is 18.2 Å². The number of nitrogens with zero attached hydrogens (tertiary/aromatic N) is 2. The number of carbonyl (C=O) groups is 1. The van der Waals surface area contributed by atoms with Gasteiger partial charge in [-0.1, -0.05) is 0 Å². The van der Waals surface area contributed by atoms with Crippen molar-refractivity contribution in [2.45, 2.75) is 36.7 Å². The van der Waals surface area contributed by atoms with Gasteiger partial charge in [0.05, 0.1) is 34.7 Å². The first-order valence-corrected chi connectivity index (χ1v) is 10.9. The first-order chi connectivity index (χ1) is 13.9. The quantitative estimate of drug-likeness (QED) is 0.758. The van der Waals surface area contributed by atoms with Crippen molar-refractivity contribution in [2.75, 3.05) is 18.0 Å². The zero-order chi connectivity index (χ0) is 22.1. The van der Waals surface area contributed by atoms with Gasteiger partial charge in [-0.05, 0) is 49.8 Å². The van der Waals surface area contributed by atoms with Crippen molar-refractivity contribution in [3.63, 3.8) is 0 Å². The molecular weight excluding hydrogens is 423 g/mol. The number of sulfonamides is 1. The number of anilines is 1. The number of ether oxygens (including phenoxy) is 1. The molecule has 3 fully saturated rings. The number of hydrogen-bond donors (Lipinski definition) is 1. The summed E-state index contributed by atoms with van der Waals surface area (Å²) in [7, 11) is -2.70. The highest BCUT2D eigenvalue weighted by Crippen LogP contribution is 2.62. The summed E-state index contributed by atoms with van der Waals surface area (Å²) >= 11 is 0. The average molecular weight is 443 g/mol. The lowest BCUT2D eigenvalue weighted by molar-refractivity contribution is -0.137. The minimum Gasteiger partial charge on any atom is -0.453 e. The molecule has 4 rings (SSSR count). The van der Waals surface area contributed by atoms with Gasteiger partial charge in [0.2, 0.25) is 10.0 Å². The molecule has 5 atom stereocenters. The fourth-order valence-electron chi connectivity index (χ4n) is 5.58. The number of nitrogens with one attached hydrogen (secondary N) is 1. The van der Waals surface area contributed by atoms with Gasteiger partial charge in [0, 0.05) is 18.5 Å². The van der Waals surface area contributed by atoms with Gasteiger partial charge in [-0.3, -0.25) is 4.31 Å². The molecule has 2 aliphatic carbocycles. The van der Waals surface area contributed by atoms with E-state index in [0.717, 1.165) is 16.4 Å². The van der Waals surface area contributed by atoms with Crippen LogP contribution in [0.4, 0.5) is 23.7 Å². The van der Waals surface area contributed by atoms with Crippen molar-refractivity contribution < 1.29 is 31.1 Å². The summed E-state index contributed by atoms with van der Waals surface area (Å²) < 4.78 is 71.6. The Morgan fingerprint density at radius 3 is 2.67 bits per heavy atom. The molecule has 30 heavy (non-hydrogen) atoms. The summed E-state index contributed by atoms with van der Waals surface area (Å²) in [6.45, 7) is 1.68. The van der Waals surface area contributed by atoms with Crippen LogP contribution >= 0.6 is 0 Å². The number of nitriles is 1. The molecule has 1 heterocycles. The largest absolute Gasteiger partial charge is 0.453 e. The van der Waals surface area contributed by atoms with Gasteiger partial charge in [0.1, 0.15) is 0 Å².